The first-order valence-electron chi connectivity index (χ1n) is 7.17. The lowest BCUT2D eigenvalue weighted by atomic mass is 10.1. The van der Waals surface area contributed by atoms with Gasteiger partial charge in [0.2, 0.25) is 0 Å². The third-order valence-electron chi connectivity index (χ3n) is 3.78. The largest absolute Gasteiger partial charge is 0.328 e. The van der Waals surface area contributed by atoms with Crippen LogP contribution in [0.4, 0.5) is 4.39 Å². The van der Waals surface area contributed by atoms with Crippen molar-refractivity contribution in [2.45, 2.75) is 19.4 Å². The average molecular weight is 336 g/mol. The molecule has 0 saturated heterocycles. The van der Waals surface area contributed by atoms with Gasteiger partial charge in [-0.3, -0.25) is 14.5 Å². The van der Waals surface area contributed by atoms with Crippen molar-refractivity contribution in [2.75, 3.05) is 6.54 Å². The third-order valence-corrected chi connectivity index (χ3v) is 4.07. The number of fused-ring (bicyclic) bond motifs is 1. The fraction of sp³-hybridized carbons (Fsp3) is 0.267. The standard InChI is InChI=1S/C15H15ClFN5O/c1-2-9(5-18)22-13-12(11-4-3-8(17)6-19-11)10(16)7-20-14(13)21-15(22)23/h3-4,6-7,9H,2,5,18H2,1H3,(H,20,21,23). The molecule has 120 valence electrons. The quantitative estimate of drug-likeness (QED) is 0.766. The van der Waals surface area contributed by atoms with E-state index < -0.39 is 5.82 Å². The summed E-state index contributed by atoms with van der Waals surface area (Å²) in [5.74, 6) is -0.449. The Kier molecular flexibility index (Phi) is 4.14. The molecular weight excluding hydrogens is 321 g/mol. The number of H-pyrrole nitrogens is 1. The molecule has 8 heteroatoms. The summed E-state index contributed by atoms with van der Waals surface area (Å²) in [7, 11) is 0. The Morgan fingerprint density at radius 1 is 1.39 bits per heavy atom. The molecule has 1 unspecified atom stereocenters. The van der Waals surface area contributed by atoms with E-state index in [9.17, 15) is 9.18 Å². The second-order valence-corrected chi connectivity index (χ2v) is 5.55. The van der Waals surface area contributed by atoms with Gasteiger partial charge < -0.3 is 5.73 Å². The van der Waals surface area contributed by atoms with Crippen LogP contribution in [0.15, 0.2) is 29.3 Å². The van der Waals surface area contributed by atoms with Crippen LogP contribution < -0.4 is 11.4 Å². The van der Waals surface area contributed by atoms with E-state index in [2.05, 4.69) is 15.0 Å². The van der Waals surface area contributed by atoms with Gasteiger partial charge >= 0.3 is 5.69 Å². The van der Waals surface area contributed by atoms with Crippen LogP contribution in [-0.2, 0) is 0 Å². The maximum absolute atomic E-state index is 13.2. The van der Waals surface area contributed by atoms with Crippen molar-refractivity contribution in [3.63, 3.8) is 0 Å². The number of halogens is 2. The smallest absolute Gasteiger partial charge is 0.327 e. The SMILES string of the molecule is CCC(CN)n1c(=O)[nH]c2ncc(Cl)c(-c3ccc(F)cn3)c21. The molecule has 3 aromatic heterocycles. The number of imidazole rings is 1. The van der Waals surface area contributed by atoms with Crippen LogP contribution in [-0.4, -0.2) is 26.1 Å². The minimum Gasteiger partial charge on any atom is -0.328 e. The molecule has 0 fully saturated rings. The van der Waals surface area contributed by atoms with Crippen molar-refractivity contribution in [3.8, 4) is 11.3 Å². The second-order valence-electron chi connectivity index (χ2n) is 5.14. The van der Waals surface area contributed by atoms with E-state index in [0.29, 0.717) is 40.4 Å². The maximum Gasteiger partial charge on any atom is 0.327 e. The normalized spacial score (nSPS) is 12.7. The van der Waals surface area contributed by atoms with E-state index in [-0.39, 0.29) is 11.7 Å². The minimum absolute atomic E-state index is 0.198. The van der Waals surface area contributed by atoms with Gasteiger partial charge in [-0.05, 0) is 18.6 Å². The monoisotopic (exact) mass is 335 g/mol. The number of hydrogen-bond acceptors (Lipinski definition) is 4. The summed E-state index contributed by atoms with van der Waals surface area (Å²) in [6.45, 7) is 2.24. The molecule has 3 rings (SSSR count). The summed E-state index contributed by atoms with van der Waals surface area (Å²) in [5.41, 5.74) is 7.39. The Hall–Kier alpha value is -2.25. The first-order valence-corrected chi connectivity index (χ1v) is 7.55. The van der Waals surface area contributed by atoms with Crippen LogP contribution >= 0.6 is 11.6 Å². The van der Waals surface area contributed by atoms with E-state index in [0.717, 1.165) is 6.20 Å². The summed E-state index contributed by atoms with van der Waals surface area (Å²) >= 11 is 6.29. The van der Waals surface area contributed by atoms with Gasteiger partial charge in [-0.15, -0.1) is 0 Å². The Morgan fingerprint density at radius 2 is 2.17 bits per heavy atom. The van der Waals surface area contributed by atoms with Crippen molar-refractivity contribution in [1.82, 2.24) is 19.5 Å². The number of hydrogen-bond donors (Lipinski definition) is 2. The zero-order chi connectivity index (χ0) is 16.6. The molecular formula is C15H15ClFN5O. The first-order chi connectivity index (χ1) is 11.1. The van der Waals surface area contributed by atoms with Gasteiger partial charge in [0, 0.05) is 18.3 Å². The Labute approximate surface area is 136 Å². The molecule has 0 radical (unpaired) electrons. The number of nitrogens with two attached hydrogens (primary N) is 1. The van der Waals surface area contributed by atoms with E-state index in [4.69, 9.17) is 17.3 Å². The van der Waals surface area contributed by atoms with Gasteiger partial charge in [0.25, 0.3) is 0 Å². The van der Waals surface area contributed by atoms with Gasteiger partial charge in [-0.25, -0.2) is 14.2 Å². The maximum atomic E-state index is 13.2. The lowest BCUT2D eigenvalue weighted by Crippen LogP contribution is -2.27. The van der Waals surface area contributed by atoms with E-state index in [1.165, 1.54) is 18.3 Å². The van der Waals surface area contributed by atoms with Gasteiger partial charge in [-0.2, -0.15) is 0 Å². The molecule has 0 saturated carbocycles. The lowest BCUT2D eigenvalue weighted by Gasteiger charge is -2.16. The fourth-order valence-corrected chi connectivity index (χ4v) is 2.87. The Balaban J connectivity index is 2.38. The van der Waals surface area contributed by atoms with Crippen LogP contribution in [0, 0.1) is 5.82 Å². The molecule has 1 atom stereocenters. The van der Waals surface area contributed by atoms with E-state index >= 15 is 0 Å². The second kappa shape index (κ2) is 6.10. The predicted molar refractivity (Wildman–Crippen MR) is 86.9 cm³/mol. The Bertz CT molecular complexity index is 899. The Morgan fingerprint density at radius 3 is 2.78 bits per heavy atom. The summed E-state index contributed by atoms with van der Waals surface area (Å²) in [6, 6.07) is 2.61. The van der Waals surface area contributed by atoms with Crippen LogP contribution in [0.1, 0.15) is 19.4 Å². The van der Waals surface area contributed by atoms with Gasteiger partial charge in [0.15, 0.2) is 5.65 Å². The van der Waals surface area contributed by atoms with Crippen molar-refractivity contribution < 1.29 is 4.39 Å². The highest BCUT2D eigenvalue weighted by molar-refractivity contribution is 6.34. The van der Waals surface area contributed by atoms with Gasteiger partial charge in [-0.1, -0.05) is 18.5 Å². The topological polar surface area (TPSA) is 89.6 Å². The van der Waals surface area contributed by atoms with E-state index in [1.807, 2.05) is 6.92 Å². The van der Waals surface area contributed by atoms with Crippen molar-refractivity contribution in [2.24, 2.45) is 5.73 Å². The molecule has 0 aliphatic carbocycles. The van der Waals surface area contributed by atoms with E-state index in [1.54, 1.807) is 4.57 Å². The average Bonchev–Trinajstić information content (AvgIpc) is 2.87. The number of nitrogens with one attached hydrogen (secondary N) is 1. The molecule has 0 spiro atoms. The number of rotatable bonds is 4. The minimum atomic E-state index is -0.449. The van der Waals surface area contributed by atoms with Crippen molar-refractivity contribution >= 4 is 22.8 Å². The molecule has 0 amide bonds. The number of pyridine rings is 2. The highest BCUT2D eigenvalue weighted by Gasteiger charge is 2.21. The number of aromatic nitrogens is 4. The van der Waals surface area contributed by atoms with Gasteiger partial charge in [0.1, 0.15) is 5.82 Å². The highest BCUT2D eigenvalue weighted by atomic mass is 35.5. The number of nitrogens with zero attached hydrogens (tertiary/aromatic N) is 3. The summed E-state index contributed by atoms with van der Waals surface area (Å²) in [4.78, 5) is 23.3. The number of aromatic amines is 1. The summed E-state index contributed by atoms with van der Waals surface area (Å²) in [6.07, 6.45) is 3.22. The van der Waals surface area contributed by atoms with Crippen LogP contribution in [0.5, 0.6) is 0 Å². The molecule has 0 bridgehead atoms. The van der Waals surface area contributed by atoms with Crippen LogP contribution in [0.2, 0.25) is 5.02 Å². The van der Waals surface area contributed by atoms with Gasteiger partial charge in [0.05, 0.1) is 28.5 Å². The highest BCUT2D eigenvalue weighted by Crippen LogP contribution is 2.33. The molecule has 6 nitrogen and oxygen atoms in total. The zero-order valence-electron chi connectivity index (χ0n) is 12.4. The third kappa shape index (κ3) is 2.62. The lowest BCUT2D eigenvalue weighted by molar-refractivity contribution is 0.496. The first kappa shape index (κ1) is 15.6. The van der Waals surface area contributed by atoms with Crippen molar-refractivity contribution in [3.05, 3.63) is 45.9 Å². The summed E-state index contributed by atoms with van der Waals surface area (Å²) < 4.78 is 14.7. The van der Waals surface area contributed by atoms with Crippen LogP contribution in [0.3, 0.4) is 0 Å². The summed E-state index contributed by atoms with van der Waals surface area (Å²) in [5, 5.41) is 0.330. The molecule has 3 heterocycles. The van der Waals surface area contributed by atoms with Crippen molar-refractivity contribution in [1.29, 1.82) is 0 Å². The molecule has 3 N–H and O–H groups in total. The van der Waals surface area contributed by atoms with Crippen LogP contribution in [0.25, 0.3) is 22.4 Å². The molecule has 0 aliphatic heterocycles. The zero-order valence-corrected chi connectivity index (χ0v) is 13.1. The predicted octanol–water partition coefficient (Wildman–Crippen LogP) is 2.49. The molecule has 3 aromatic rings. The molecule has 0 aromatic carbocycles. The molecule has 23 heavy (non-hydrogen) atoms. The molecule has 0 aliphatic rings. The fourth-order valence-electron chi connectivity index (χ4n) is 2.64.